The Morgan fingerprint density at radius 2 is 1.69 bits per heavy atom. The van der Waals surface area contributed by atoms with Gasteiger partial charge in [-0.2, -0.15) is 0 Å². The predicted molar refractivity (Wildman–Crippen MR) is 137 cm³/mol. The maximum atomic E-state index is 13.8. The number of rotatable bonds is 12. The minimum absolute atomic E-state index is 0.0263. The van der Waals surface area contributed by atoms with E-state index in [2.05, 4.69) is 29.7 Å². The average Bonchev–Trinajstić information content (AvgIpc) is 2.83. The number of aryl methyl sites for hydroxylation is 1. The Hall–Kier alpha value is -3.00. The zero-order valence-corrected chi connectivity index (χ0v) is 21.1. The van der Waals surface area contributed by atoms with Crippen LogP contribution in [0.25, 0.3) is 0 Å². The molecule has 0 aliphatic heterocycles. The summed E-state index contributed by atoms with van der Waals surface area (Å²) in [7, 11) is 0. The largest absolute Gasteiger partial charge is 0.481 e. The van der Waals surface area contributed by atoms with E-state index in [-0.39, 0.29) is 13.0 Å². The Morgan fingerprint density at radius 1 is 1.00 bits per heavy atom. The second-order valence-electron chi connectivity index (χ2n) is 8.69. The number of benzene rings is 3. The quantitative estimate of drug-likeness (QED) is 0.322. The van der Waals surface area contributed by atoms with Gasteiger partial charge in [-0.25, -0.2) is 8.78 Å². The molecule has 8 heteroatoms. The van der Waals surface area contributed by atoms with E-state index in [0.717, 1.165) is 18.1 Å². The van der Waals surface area contributed by atoms with Crippen LogP contribution < -0.4 is 15.4 Å². The first-order chi connectivity index (χ1) is 17.2. The molecule has 0 fully saturated rings. The molecule has 36 heavy (non-hydrogen) atoms. The molecule has 1 amide bonds. The van der Waals surface area contributed by atoms with Gasteiger partial charge in [-0.05, 0) is 66.8 Å². The third-order valence-corrected chi connectivity index (χ3v) is 5.97. The van der Waals surface area contributed by atoms with Crippen LogP contribution in [0.4, 0.5) is 8.78 Å². The van der Waals surface area contributed by atoms with Crippen molar-refractivity contribution in [3.05, 3.63) is 100 Å². The number of halogens is 3. The van der Waals surface area contributed by atoms with E-state index in [1.165, 1.54) is 17.7 Å². The Kier molecular flexibility index (Phi) is 10.2. The first kappa shape index (κ1) is 27.6. The van der Waals surface area contributed by atoms with Crippen LogP contribution in [0.5, 0.6) is 5.75 Å². The first-order valence-corrected chi connectivity index (χ1v) is 12.3. The molecule has 5 nitrogen and oxygen atoms in total. The van der Waals surface area contributed by atoms with E-state index in [4.69, 9.17) is 16.3 Å². The maximum absolute atomic E-state index is 13.8. The smallest absolute Gasteiger partial charge is 0.261 e. The van der Waals surface area contributed by atoms with Crippen LogP contribution in [-0.4, -0.2) is 35.8 Å². The number of nitrogens with one attached hydrogen (secondary N) is 2. The summed E-state index contributed by atoms with van der Waals surface area (Å²) in [6, 6.07) is 17.1. The number of ether oxygens (including phenoxy) is 1. The molecule has 0 aliphatic rings. The lowest BCUT2D eigenvalue weighted by Crippen LogP contribution is -2.51. The average molecular weight is 517 g/mol. The van der Waals surface area contributed by atoms with E-state index < -0.39 is 35.8 Å². The Morgan fingerprint density at radius 3 is 2.39 bits per heavy atom. The molecule has 3 aromatic rings. The molecule has 3 atom stereocenters. The van der Waals surface area contributed by atoms with Gasteiger partial charge in [0, 0.05) is 24.2 Å². The van der Waals surface area contributed by atoms with Crippen LogP contribution in [0, 0.1) is 11.6 Å². The third kappa shape index (κ3) is 8.59. The summed E-state index contributed by atoms with van der Waals surface area (Å²) in [5.41, 5.74) is 2.59. The fourth-order valence-electron chi connectivity index (χ4n) is 3.83. The summed E-state index contributed by atoms with van der Waals surface area (Å²) in [6.07, 6.45) is -0.983. The zero-order valence-electron chi connectivity index (χ0n) is 20.3. The van der Waals surface area contributed by atoms with Gasteiger partial charge < -0.3 is 20.5 Å². The van der Waals surface area contributed by atoms with Gasteiger partial charge in [-0.3, -0.25) is 4.79 Å². The van der Waals surface area contributed by atoms with Crippen molar-refractivity contribution >= 4 is 17.5 Å². The molecule has 3 rings (SSSR count). The molecule has 0 radical (unpaired) electrons. The fraction of sp³-hybridized carbons (Fsp3) is 0.321. The second kappa shape index (κ2) is 13.3. The van der Waals surface area contributed by atoms with Crippen molar-refractivity contribution < 1.29 is 23.4 Å². The Labute approximate surface area is 215 Å². The SMILES string of the molecule is CCc1cccc(CNC[C@@H](O)[C@H](Cc2cc(F)cc(F)c2)NC(=O)C(C)Oc2cccc(Cl)c2)c1. The number of amides is 1. The summed E-state index contributed by atoms with van der Waals surface area (Å²) in [5.74, 6) is -1.51. The van der Waals surface area contributed by atoms with Crippen molar-refractivity contribution in [2.24, 2.45) is 0 Å². The monoisotopic (exact) mass is 516 g/mol. The van der Waals surface area contributed by atoms with Gasteiger partial charge in [0.15, 0.2) is 6.10 Å². The van der Waals surface area contributed by atoms with Gasteiger partial charge >= 0.3 is 0 Å². The van der Waals surface area contributed by atoms with E-state index in [1.807, 2.05) is 12.1 Å². The molecule has 0 spiro atoms. The lowest BCUT2D eigenvalue weighted by atomic mass is 10.00. The highest BCUT2D eigenvalue weighted by Gasteiger charge is 2.25. The number of carbonyl (C=O) groups excluding carboxylic acids is 1. The molecule has 0 aromatic heterocycles. The van der Waals surface area contributed by atoms with Crippen molar-refractivity contribution in [1.82, 2.24) is 10.6 Å². The number of hydrogen-bond donors (Lipinski definition) is 3. The van der Waals surface area contributed by atoms with Crippen LogP contribution in [0.1, 0.15) is 30.5 Å². The molecule has 0 aliphatic carbocycles. The van der Waals surface area contributed by atoms with E-state index in [0.29, 0.717) is 22.9 Å². The van der Waals surface area contributed by atoms with Gasteiger partial charge in [0.1, 0.15) is 17.4 Å². The molecule has 0 saturated carbocycles. The summed E-state index contributed by atoms with van der Waals surface area (Å²) in [6.45, 7) is 4.33. The van der Waals surface area contributed by atoms with Crippen LogP contribution in [0.2, 0.25) is 5.02 Å². The van der Waals surface area contributed by atoms with Crippen molar-refractivity contribution in [1.29, 1.82) is 0 Å². The Balaban J connectivity index is 1.67. The standard InChI is InChI=1S/C28H31ClF2N2O3/c1-3-19-6-4-7-20(10-19)16-32-17-27(34)26(13-21-11-23(30)15-24(31)12-21)33-28(35)18(2)36-25-9-5-8-22(29)14-25/h4-12,14-15,18,26-27,32,34H,3,13,16-17H2,1-2H3,(H,33,35)/t18?,26-,27+/m0/s1. The minimum atomic E-state index is -1.03. The fourth-order valence-corrected chi connectivity index (χ4v) is 4.01. The van der Waals surface area contributed by atoms with Gasteiger partial charge in [0.2, 0.25) is 0 Å². The predicted octanol–water partition coefficient (Wildman–Crippen LogP) is 4.83. The highest BCUT2D eigenvalue weighted by molar-refractivity contribution is 6.30. The van der Waals surface area contributed by atoms with E-state index >= 15 is 0 Å². The van der Waals surface area contributed by atoms with Crippen LogP contribution in [-0.2, 0) is 24.2 Å². The molecule has 3 aromatic carbocycles. The second-order valence-corrected chi connectivity index (χ2v) is 9.12. The molecule has 3 N–H and O–H groups in total. The number of carbonyl (C=O) groups is 1. The normalized spacial score (nSPS) is 13.6. The lowest BCUT2D eigenvalue weighted by molar-refractivity contribution is -0.128. The molecule has 0 heterocycles. The highest BCUT2D eigenvalue weighted by atomic mass is 35.5. The molecule has 0 saturated heterocycles. The molecule has 0 bridgehead atoms. The lowest BCUT2D eigenvalue weighted by Gasteiger charge is -2.26. The number of aliphatic hydroxyl groups is 1. The van der Waals surface area contributed by atoms with E-state index in [9.17, 15) is 18.7 Å². The maximum Gasteiger partial charge on any atom is 0.261 e. The summed E-state index contributed by atoms with van der Waals surface area (Å²) < 4.78 is 33.2. The minimum Gasteiger partial charge on any atom is -0.481 e. The van der Waals surface area contributed by atoms with Crippen LogP contribution in [0.3, 0.4) is 0 Å². The molecule has 192 valence electrons. The molecular weight excluding hydrogens is 486 g/mol. The van der Waals surface area contributed by atoms with Gasteiger partial charge in [0.25, 0.3) is 5.91 Å². The van der Waals surface area contributed by atoms with E-state index in [1.54, 1.807) is 31.2 Å². The third-order valence-electron chi connectivity index (χ3n) is 5.73. The van der Waals surface area contributed by atoms with Gasteiger partial charge in [-0.1, -0.05) is 48.9 Å². The van der Waals surface area contributed by atoms with Crippen molar-refractivity contribution in [3.8, 4) is 5.75 Å². The zero-order chi connectivity index (χ0) is 26.1. The topological polar surface area (TPSA) is 70.6 Å². The first-order valence-electron chi connectivity index (χ1n) is 11.9. The number of aliphatic hydroxyl groups excluding tert-OH is 1. The van der Waals surface area contributed by atoms with Gasteiger partial charge in [-0.15, -0.1) is 0 Å². The van der Waals surface area contributed by atoms with Crippen LogP contribution >= 0.6 is 11.6 Å². The summed E-state index contributed by atoms with van der Waals surface area (Å²) in [5, 5.41) is 17.4. The van der Waals surface area contributed by atoms with Crippen molar-refractivity contribution in [2.45, 2.75) is 51.5 Å². The van der Waals surface area contributed by atoms with Crippen molar-refractivity contribution in [3.63, 3.8) is 0 Å². The highest BCUT2D eigenvalue weighted by Crippen LogP contribution is 2.19. The summed E-state index contributed by atoms with van der Waals surface area (Å²) >= 11 is 5.98. The number of hydrogen-bond acceptors (Lipinski definition) is 4. The van der Waals surface area contributed by atoms with Crippen molar-refractivity contribution in [2.75, 3.05) is 6.54 Å². The van der Waals surface area contributed by atoms with Gasteiger partial charge in [0.05, 0.1) is 12.1 Å². The summed E-state index contributed by atoms with van der Waals surface area (Å²) in [4.78, 5) is 12.9. The molecule has 1 unspecified atom stereocenters. The van der Waals surface area contributed by atoms with Crippen LogP contribution in [0.15, 0.2) is 66.7 Å². The Bertz CT molecular complexity index is 1140. The molecular formula is C28H31ClF2N2O3.